The molecule has 0 saturated heterocycles. The Balaban J connectivity index is 1.77. The number of phenolic OH excluding ortho intramolecular Hbond substituents is 2. The lowest BCUT2D eigenvalue weighted by Crippen LogP contribution is -1.85. The number of hydrogen-bond donors (Lipinski definition) is 2. The van der Waals surface area contributed by atoms with E-state index in [9.17, 15) is 19.8 Å². The molecule has 0 aromatic heterocycles. The minimum Gasteiger partial charge on any atom is -0.503 e. The normalized spacial score (nSPS) is 9.81. The maximum Gasteiger partial charge on any atom is 0.190 e. The van der Waals surface area contributed by atoms with Gasteiger partial charge in [-0.25, -0.2) is 0 Å². The van der Waals surface area contributed by atoms with Crippen molar-refractivity contribution in [2.75, 3.05) is 0 Å². The molecule has 0 aliphatic heterocycles. The fraction of sp³-hybridized carbons (Fsp3) is 0.0769. The van der Waals surface area contributed by atoms with Crippen LogP contribution in [0.4, 0.5) is 0 Å². The van der Waals surface area contributed by atoms with Crippen LogP contribution in [-0.2, 0) is 9.59 Å². The first-order valence-corrected chi connectivity index (χ1v) is 11.1. The summed E-state index contributed by atoms with van der Waals surface area (Å²) in [4.78, 5) is 24.0. The van der Waals surface area contributed by atoms with Gasteiger partial charge in [0.1, 0.15) is 0 Å². The van der Waals surface area contributed by atoms with E-state index in [1.54, 1.807) is 60.7 Å². The van der Waals surface area contributed by atoms with Gasteiger partial charge in [0.2, 0.25) is 0 Å². The van der Waals surface area contributed by atoms with Crippen molar-refractivity contribution >= 4 is 33.8 Å². The van der Waals surface area contributed by atoms with Crippen molar-refractivity contribution in [1.82, 2.24) is 0 Å². The van der Waals surface area contributed by atoms with E-state index in [-0.39, 0.29) is 32.9 Å². The summed E-state index contributed by atoms with van der Waals surface area (Å²) >= 11 is 2.29. The van der Waals surface area contributed by atoms with Crippen LogP contribution in [0, 0.1) is 23.7 Å². The van der Waals surface area contributed by atoms with Gasteiger partial charge in [0.25, 0.3) is 0 Å². The summed E-state index contributed by atoms with van der Waals surface area (Å²) < 4.78 is 0. The maximum absolute atomic E-state index is 11.1. The van der Waals surface area contributed by atoms with Crippen LogP contribution in [0.3, 0.4) is 0 Å². The van der Waals surface area contributed by atoms with Crippen molar-refractivity contribution in [3.05, 3.63) is 82.9 Å². The zero-order valence-corrected chi connectivity index (χ0v) is 18.9. The highest BCUT2D eigenvalue weighted by atomic mass is 32.2. The highest BCUT2D eigenvalue weighted by molar-refractivity contribution is 8.13. The van der Waals surface area contributed by atoms with E-state index >= 15 is 0 Å². The van der Waals surface area contributed by atoms with Crippen molar-refractivity contribution in [2.45, 2.75) is 23.6 Å². The molecule has 2 N–H and O–H groups in total. The Hall–Kier alpha value is -3.58. The Morgan fingerprint density at radius 1 is 0.594 bits per heavy atom. The lowest BCUT2D eigenvalue weighted by atomic mass is 10.1. The lowest BCUT2D eigenvalue weighted by molar-refractivity contribution is -0.109. The number of carbonyl (C=O) groups excluding carboxylic acids is 2. The SMILES string of the molecule is CC(=O)Sc1ccc(C#Cc2ccc(C#Cc3ccc(SC(C)=O)cc3)c(O)c2O)cc1. The molecule has 3 rings (SSSR count). The van der Waals surface area contributed by atoms with Crippen molar-refractivity contribution in [2.24, 2.45) is 0 Å². The Kier molecular flexibility index (Phi) is 7.68. The molecule has 158 valence electrons. The smallest absolute Gasteiger partial charge is 0.190 e. The summed E-state index contributed by atoms with van der Waals surface area (Å²) in [5.74, 6) is 10.9. The van der Waals surface area contributed by atoms with Crippen molar-refractivity contribution < 1.29 is 19.8 Å². The summed E-state index contributed by atoms with van der Waals surface area (Å²) in [6.45, 7) is 3.01. The fourth-order valence-electron chi connectivity index (χ4n) is 2.60. The van der Waals surface area contributed by atoms with Gasteiger partial charge in [0.05, 0.1) is 11.1 Å². The van der Waals surface area contributed by atoms with Crippen LogP contribution in [0.1, 0.15) is 36.1 Å². The molecular formula is C26H18O4S2. The number of thioether (sulfide) groups is 2. The number of carbonyl (C=O) groups is 2. The number of benzene rings is 3. The first kappa shape index (κ1) is 23.1. The maximum atomic E-state index is 11.1. The Bertz CT molecular complexity index is 1180. The molecule has 0 aliphatic carbocycles. The zero-order valence-electron chi connectivity index (χ0n) is 17.3. The minimum absolute atomic E-state index is 0.0106. The third-order valence-corrected chi connectivity index (χ3v) is 5.66. The van der Waals surface area contributed by atoms with E-state index in [2.05, 4.69) is 23.7 Å². The molecule has 0 aliphatic rings. The van der Waals surface area contributed by atoms with Gasteiger partial charge in [-0.3, -0.25) is 9.59 Å². The summed E-state index contributed by atoms with van der Waals surface area (Å²) in [7, 11) is 0. The van der Waals surface area contributed by atoms with E-state index in [1.165, 1.54) is 13.8 Å². The summed E-state index contributed by atoms with van der Waals surface area (Å²) in [6.07, 6.45) is 0. The fourth-order valence-corrected chi connectivity index (χ4v) is 3.81. The van der Waals surface area contributed by atoms with Gasteiger partial charge < -0.3 is 10.2 Å². The molecule has 6 heteroatoms. The molecule has 0 bridgehead atoms. The third-order valence-electron chi connectivity index (χ3n) is 4.07. The summed E-state index contributed by atoms with van der Waals surface area (Å²) in [6, 6.07) is 17.6. The van der Waals surface area contributed by atoms with Crippen LogP contribution in [0.2, 0.25) is 0 Å². The van der Waals surface area contributed by atoms with Crippen molar-refractivity contribution in [3.8, 4) is 35.2 Å². The monoisotopic (exact) mass is 458 g/mol. The number of rotatable bonds is 2. The molecule has 0 fully saturated rings. The van der Waals surface area contributed by atoms with Crippen LogP contribution in [-0.4, -0.2) is 20.4 Å². The molecule has 3 aromatic carbocycles. The van der Waals surface area contributed by atoms with Crippen molar-refractivity contribution in [1.29, 1.82) is 0 Å². The van der Waals surface area contributed by atoms with Crippen LogP contribution < -0.4 is 0 Å². The molecule has 0 amide bonds. The van der Waals surface area contributed by atoms with Gasteiger partial charge >= 0.3 is 0 Å². The number of hydrogen-bond acceptors (Lipinski definition) is 6. The minimum atomic E-state index is -0.332. The van der Waals surface area contributed by atoms with Crippen LogP contribution in [0.5, 0.6) is 11.5 Å². The standard InChI is InChI=1S/C26H18O4S2/c1-17(27)31-23-13-5-19(6-14-23)3-9-21-11-12-22(26(30)25(21)29)10-4-20-7-15-24(16-8-20)32-18(2)28/h5-8,11-16,29-30H,1-2H3. The second-order valence-electron chi connectivity index (χ2n) is 6.59. The van der Waals surface area contributed by atoms with Gasteiger partial charge in [-0.05, 0) is 60.7 Å². The summed E-state index contributed by atoms with van der Waals surface area (Å²) in [5, 5.41) is 20.7. The molecule has 4 nitrogen and oxygen atoms in total. The lowest BCUT2D eigenvalue weighted by Gasteiger charge is -2.03. The quantitative estimate of drug-likeness (QED) is 0.313. The molecule has 32 heavy (non-hydrogen) atoms. The van der Waals surface area contributed by atoms with E-state index in [1.807, 2.05) is 0 Å². The third kappa shape index (κ3) is 6.46. The Morgan fingerprint density at radius 2 is 0.938 bits per heavy atom. The highest BCUT2D eigenvalue weighted by Crippen LogP contribution is 2.32. The molecular weight excluding hydrogens is 440 g/mol. The van der Waals surface area contributed by atoms with Crippen LogP contribution in [0.15, 0.2) is 70.5 Å². The second-order valence-corrected chi connectivity index (χ2v) is 9.09. The molecule has 0 heterocycles. The van der Waals surface area contributed by atoms with E-state index in [0.29, 0.717) is 11.1 Å². The first-order valence-electron chi connectivity index (χ1n) is 9.48. The van der Waals surface area contributed by atoms with Gasteiger partial charge in [0.15, 0.2) is 21.7 Å². The second kappa shape index (κ2) is 10.6. The molecule has 0 saturated carbocycles. The molecule has 0 unspecified atom stereocenters. The van der Waals surface area contributed by atoms with Crippen LogP contribution in [0.25, 0.3) is 0 Å². The average Bonchev–Trinajstić information content (AvgIpc) is 2.75. The topological polar surface area (TPSA) is 74.6 Å². The first-order chi connectivity index (χ1) is 15.3. The zero-order chi connectivity index (χ0) is 23.1. The molecule has 0 spiro atoms. The predicted octanol–water partition coefficient (Wildman–Crippen LogP) is 5.17. The van der Waals surface area contributed by atoms with Crippen molar-refractivity contribution in [3.63, 3.8) is 0 Å². The van der Waals surface area contributed by atoms with E-state index in [0.717, 1.165) is 33.3 Å². The van der Waals surface area contributed by atoms with Crippen LogP contribution >= 0.6 is 23.5 Å². The van der Waals surface area contributed by atoms with Gasteiger partial charge in [0, 0.05) is 34.8 Å². The average molecular weight is 459 g/mol. The largest absolute Gasteiger partial charge is 0.503 e. The predicted molar refractivity (Wildman–Crippen MR) is 128 cm³/mol. The van der Waals surface area contributed by atoms with E-state index < -0.39 is 0 Å². The van der Waals surface area contributed by atoms with E-state index in [4.69, 9.17) is 0 Å². The number of aromatic hydroxyl groups is 2. The van der Waals surface area contributed by atoms with Gasteiger partial charge in [-0.1, -0.05) is 47.2 Å². The highest BCUT2D eigenvalue weighted by Gasteiger charge is 2.09. The van der Waals surface area contributed by atoms with Gasteiger partial charge in [-0.2, -0.15) is 0 Å². The summed E-state index contributed by atoms with van der Waals surface area (Å²) in [5.41, 5.74) is 1.99. The molecule has 0 atom stereocenters. The molecule has 0 radical (unpaired) electrons. The molecule has 3 aromatic rings. The Labute approximate surface area is 195 Å². The number of phenols is 2. The Morgan fingerprint density at radius 3 is 1.25 bits per heavy atom. The van der Waals surface area contributed by atoms with Gasteiger partial charge in [-0.15, -0.1) is 0 Å².